The molecule has 2 aliphatic rings. The predicted molar refractivity (Wildman–Crippen MR) is 95.0 cm³/mol. The van der Waals surface area contributed by atoms with Gasteiger partial charge in [-0.25, -0.2) is 13.1 Å². The molecule has 0 radical (unpaired) electrons. The van der Waals surface area contributed by atoms with Crippen LogP contribution in [-0.4, -0.2) is 40.0 Å². The van der Waals surface area contributed by atoms with Crippen molar-refractivity contribution in [3.8, 4) is 0 Å². The summed E-state index contributed by atoms with van der Waals surface area (Å²) in [4.78, 5) is 12.3. The molecule has 0 aromatic heterocycles. The zero-order valence-corrected chi connectivity index (χ0v) is 15.1. The van der Waals surface area contributed by atoms with Crippen molar-refractivity contribution in [3.63, 3.8) is 0 Å². The van der Waals surface area contributed by atoms with Gasteiger partial charge in [0.15, 0.2) is 0 Å². The molecule has 1 unspecified atom stereocenters. The Kier molecular flexibility index (Phi) is 6.62. The Bertz CT molecular complexity index is 654. The molecule has 24 heavy (non-hydrogen) atoms. The maximum atomic E-state index is 12.1. The van der Waals surface area contributed by atoms with Gasteiger partial charge in [-0.1, -0.05) is 0 Å². The van der Waals surface area contributed by atoms with E-state index in [4.69, 9.17) is 0 Å². The lowest BCUT2D eigenvalue weighted by molar-refractivity contribution is 0.0944. The van der Waals surface area contributed by atoms with Crippen molar-refractivity contribution < 1.29 is 13.2 Å². The van der Waals surface area contributed by atoms with Crippen molar-refractivity contribution >= 4 is 28.3 Å². The van der Waals surface area contributed by atoms with Crippen molar-refractivity contribution in [2.24, 2.45) is 5.92 Å². The number of hydrogen-bond acceptors (Lipinski definition) is 4. The molecule has 3 N–H and O–H groups in total. The van der Waals surface area contributed by atoms with Crippen molar-refractivity contribution in [3.05, 3.63) is 29.8 Å². The number of hydrogen-bond donors (Lipinski definition) is 3. The highest BCUT2D eigenvalue weighted by molar-refractivity contribution is 7.89. The Hall–Kier alpha value is -1.15. The van der Waals surface area contributed by atoms with E-state index in [1.807, 2.05) is 0 Å². The lowest BCUT2D eigenvalue weighted by Gasteiger charge is -2.22. The number of benzene rings is 1. The first-order chi connectivity index (χ1) is 11.0. The van der Waals surface area contributed by atoms with Crippen LogP contribution in [0, 0.1) is 5.92 Å². The first-order valence-electron chi connectivity index (χ1n) is 8.16. The summed E-state index contributed by atoms with van der Waals surface area (Å²) in [6.45, 7) is 2.63. The zero-order valence-electron chi connectivity index (χ0n) is 13.5. The van der Waals surface area contributed by atoms with Gasteiger partial charge in [-0.05, 0) is 69.0 Å². The third kappa shape index (κ3) is 5.17. The molecule has 1 saturated heterocycles. The number of carbonyl (C=O) groups is 1. The van der Waals surface area contributed by atoms with Gasteiger partial charge in [0, 0.05) is 18.2 Å². The van der Waals surface area contributed by atoms with Crippen LogP contribution >= 0.6 is 12.4 Å². The second-order valence-corrected chi connectivity index (χ2v) is 8.06. The summed E-state index contributed by atoms with van der Waals surface area (Å²) in [5, 5.41) is 6.24. The van der Waals surface area contributed by atoms with Crippen LogP contribution in [-0.2, 0) is 10.0 Å². The molecule has 6 nitrogen and oxygen atoms in total. The topological polar surface area (TPSA) is 87.3 Å². The molecular formula is C16H24ClN3O3S. The van der Waals surface area contributed by atoms with Crippen LogP contribution in [0.3, 0.4) is 0 Å². The first-order valence-corrected chi connectivity index (χ1v) is 9.64. The van der Waals surface area contributed by atoms with E-state index in [1.54, 1.807) is 12.1 Å². The van der Waals surface area contributed by atoms with E-state index in [1.165, 1.54) is 12.1 Å². The molecule has 0 spiro atoms. The van der Waals surface area contributed by atoms with E-state index in [2.05, 4.69) is 15.4 Å². The molecule has 0 bridgehead atoms. The van der Waals surface area contributed by atoms with E-state index < -0.39 is 10.0 Å². The molecule has 3 rings (SSSR count). The third-order valence-electron chi connectivity index (χ3n) is 4.28. The quantitative estimate of drug-likeness (QED) is 0.701. The SMILES string of the molecule is Cl.O=C(NCC1CCCNC1)c1ccc(S(=O)(=O)NC2CC2)cc1. The summed E-state index contributed by atoms with van der Waals surface area (Å²) in [6.07, 6.45) is 4.06. The lowest BCUT2D eigenvalue weighted by Crippen LogP contribution is -2.38. The van der Waals surface area contributed by atoms with Crippen LogP contribution in [0.5, 0.6) is 0 Å². The average molecular weight is 374 g/mol. The van der Waals surface area contributed by atoms with E-state index in [9.17, 15) is 13.2 Å². The van der Waals surface area contributed by atoms with Gasteiger partial charge in [0.2, 0.25) is 10.0 Å². The predicted octanol–water partition coefficient (Wildman–Crippen LogP) is 1.28. The van der Waals surface area contributed by atoms with Gasteiger partial charge in [0.1, 0.15) is 0 Å². The molecule has 1 amide bonds. The van der Waals surface area contributed by atoms with E-state index in [-0.39, 0.29) is 29.3 Å². The van der Waals surface area contributed by atoms with Crippen LogP contribution in [0.2, 0.25) is 0 Å². The summed E-state index contributed by atoms with van der Waals surface area (Å²) < 4.78 is 26.8. The van der Waals surface area contributed by atoms with Crippen LogP contribution < -0.4 is 15.4 Å². The summed E-state index contributed by atoms with van der Waals surface area (Å²) in [7, 11) is -3.46. The molecule has 1 saturated carbocycles. The molecular weight excluding hydrogens is 350 g/mol. The number of halogens is 1. The number of carbonyl (C=O) groups excluding carboxylic acids is 1. The smallest absolute Gasteiger partial charge is 0.251 e. The van der Waals surface area contributed by atoms with Crippen molar-refractivity contribution in [1.29, 1.82) is 0 Å². The number of piperidine rings is 1. The fraction of sp³-hybridized carbons (Fsp3) is 0.562. The largest absolute Gasteiger partial charge is 0.352 e. The third-order valence-corrected chi connectivity index (χ3v) is 5.81. The minimum absolute atomic E-state index is 0. The zero-order chi connectivity index (χ0) is 16.3. The normalized spacial score (nSPS) is 20.9. The number of amides is 1. The Morgan fingerprint density at radius 3 is 2.46 bits per heavy atom. The highest BCUT2D eigenvalue weighted by atomic mass is 35.5. The number of nitrogens with one attached hydrogen (secondary N) is 3. The Balaban J connectivity index is 0.00000208. The van der Waals surface area contributed by atoms with Gasteiger partial charge >= 0.3 is 0 Å². The van der Waals surface area contributed by atoms with Gasteiger partial charge in [0.05, 0.1) is 4.90 Å². The van der Waals surface area contributed by atoms with E-state index in [0.29, 0.717) is 18.0 Å². The number of rotatable bonds is 6. The van der Waals surface area contributed by atoms with Gasteiger partial charge in [-0.3, -0.25) is 4.79 Å². The Morgan fingerprint density at radius 1 is 1.17 bits per heavy atom. The second-order valence-electron chi connectivity index (χ2n) is 6.34. The monoisotopic (exact) mass is 373 g/mol. The fourth-order valence-corrected chi connectivity index (χ4v) is 4.02. The maximum Gasteiger partial charge on any atom is 0.251 e. The molecule has 1 heterocycles. The van der Waals surface area contributed by atoms with E-state index >= 15 is 0 Å². The van der Waals surface area contributed by atoms with Crippen molar-refractivity contribution in [2.75, 3.05) is 19.6 Å². The Morgan fingerprint density at radius 2 is 1.88 bits per heavy atom. The second kappa shape index (κ2) is 8.29. The molecule has 1 aromatic carbocycles. The number of sulfonamides is 1. The minimum atomic E-state index is -3.46. The standard InChI is InChI=1S/C16H23N3O3S.ClH/c20-16(18-11-12-2-1-9-17-10-12)13-3-7-15(8-4-13)23(21,22)19-14-5-6-14;/h3-4,7-8,12,14,17,19H,1-2,5-6,9-11H2,(H,18,20);1H. The molecule has 134 valence electrons. The van der Waals surface area contributed by atoms with Crippen molar-refractivity contribution in [1.82, 2.24) is 15.4 Å². The van der Waals surface area contributed by atoms with Crippen LogP contribution in [0.1, 0.15) is 36.0 Å². The average Bonchev–Trinajstić information content (AvgIpc) is 3.37. The molecule has 1 aromatic rings. The highest BCUT2D eigenvalue weighted by Gasteiger charge is 2.28. The molecule has 2 fully saturated rings. The molecule has 1 aliphatic carbocycles. The van der Waals surface area contributed by atoms with Crippen LogP contribution in [0.4, 0.5) is 0 Å². The van der Waals surface area contributed by atoms with Crippen molar-refractivity contribution in [2.45, 2.75) is 36.6 Å². The van der Waals surface area contributed by atoms with Gasteiger partial charge < -0.3 is 10.6 Å². The lowest BCUT2D eigenvalue weighted by atomic mass is 10.00. The summed E-state index contributed by atoms with van der Waals surface area (Å²) in [5.74, 6) is 0.310. The van der Waals surface area contributed by atoms with Gasteiger partial charge in [-0.2, -0.15) is 0 Å². The Labute approximate surface area is 149 Å². The van der Waals surface area contributed by atoms with Crippen LogP contribution in [0.25, 0.3) is 0 Å². The summed E-state index contributed by atoms with van der Waals surface area (Å²) in [6, 6.07) is 6.18. The summed E-state index contributed by atoms with van der Waals surface area (Å²) in [5.41, 5.74) is 0.485. The van der Waals surface area contributed by atoms with Gasteiger partial charge in [-0.15, -0.1) is 12.4 Å². The molecule has 8 heteroatoms. The van der Waals surface area contributed by atoms with Crippen LogP contribution in [0.15, 0.2) is 29.2 Å². The maximum absolute atomic E-state index is 12.1. The highest BCUT2D eigenvalue weighted by Crippen LogP contribution is 2.22. The van der Waals surface area contributed by atoms with Gasteiger partial charge in [0.25, 0.3) is 5.91 Å². The molecule has 1 atom stereocenters. The fourth-order valence-electron chi connectivity index (χ4n) is 2.71. The molecule has 1 aliphatic heterocycles. The minimum Gasteiger partial charge on any atom is -0.352 e. The first kappa shape index (κ1) is 19.2. The van der Waals surface area contributed by atoms with E-state index in [0.717, 1.165) is 38.8 Å². The summed E-state index contributed by atoms with van der Waals surface area (Å²) >= 11 is 0.